The van der Waals surface area contributed by atoms with Crippen LogP contribution in [0.15, 0.2) is 30.6 Å². The lowest BCUT2D eigenvalue weighted by Gasteiger charge is -2.04. The van der Waals surface area contributed by atoms with Gasteiger partial charge in [0.05, 0.1) is 22.1 Å². The van der Waals surface area contributed by atoms with Crippen molar-refractivity contribution in [1.82, 2.24) is 15.1 Å². The Bertz CT molecular complexity index is 682. The van der Waals surface area contributed by atoms with Gasteiger partial charge in [-0.25, -0.2) is 0 Å². The van der Waals surface area contributed by atoms with Crippen LogP contribution in [0.5, 0.6) is 0 Å². The number of nitrogens with zero attached hydrogens (tertiary/aromatic N) is 4. The van der Waals surface area contributed by atoms with Gasteiger partial charge in [-0.1, -0.05) is 0 Å². The molecule has 0 aliphatic carbocycles. The second-order valence-corrected chi connectivity index (χ2v) is 4.45. The largest absolute Gasteiger partial charge is 0.308 e. The van der Waals surface area contributed by atoms with Crippen molar-refractivity contribution in [2.45, 2.75) is 13.1 Å². The fourth-order valence-electron chi connectivity index (χ4n) is 1.89. The minimum Gasteiger partial charge on any atom is -0.308 e. The van der Waals surface area contributed by atoms with Crippen LogP contribution in [-0.2, 0) is 20.1 Å². The fourth-order valence-corrected chi connectivity index (χ4v) is 1.89. The van der Waals surface area contributed by atoms with Crippen molar-refractivity contribution in [3.63, 3.8) is 0 Å². The minimum absolute atomic E-state index is 0.239. The maximum absolute atomic E-state index is 11.0. The standard InChI is InChI=1S/C12H13N5O4/c1-15-8-9(6-14-15)5-13-7-10-2-3-11(16(18)19)4-12(10)17(20)21/h2-4,6,8,13H,5,7H2,1H3. The number of benzene rings is 1. The average Bonchev–Trinajstić information content (AvgIpc) is 2.84. The molecule has 0 radical (unpaired) electrons. The molecule has 9 heteroatoms. The van der Waals surface area contributed by atoms with Crippen LogP contribution < -0.4 is 5.32 Å². The van der Waals surface area contributed by atoms with Crippen molar-refractivity contribution >= 4 is 11.4 Å². The summed E-state index contributed by atoms with van der Waals surface area (Å²) in [4.78, 5) is 20.4. The molecule has 1 N–H and O–H groups in total. The predicted octanol–water partition coefficient (Wildman–Crippen LogP) is 1.53. The van der Waals surface area contributed by atoms with Crippen LogP contribution in [0.1, 0.15) is 11.1 Å². The maximum atomic E-state index is 11.0. The number of aromatic nitrogens is 2. The third-order valence-corrected chi connectivity index (χ3v) is 2.88. The first-order valence-corrected chi connectivity index (χ1v) is 6.07. The molecule has 2 aromatic rings. The highest BCUT2D eigenvalue weighted by molar-refractivity contribution is 5.49. The van der Waals surface area contributed by atoms with Gasteiger partial charge in [0.1, 0.15) is 0 Å². The Morgan fingerprint density at radius 1 is 1.24 bits per heavy atom. The molecule has 0 saturated heterocycles. The second kappa shape index (κ2) is 6.09. The highest BCUT2D eigenvalue weighted by Gasteiger charge is 2.18. The monoisotopic (exact) mass is 291 g/mol. The fraction of sp³-hybridized carbons (Fsp3) is 0.250. The van der Waals surface area contributed by atoms with Gasteiger partial charge in [-0.3, -0.25) is 24.9 Å². The van der Waals surface area contributed by atoms with E-state index < -0.39 is 9.85 Å². The molecule has 0 amide bonds. The van der Waals surface area contributed by atoms with Gasteiger partial charge in [-0.05, 0) is 6.07 Å². The van der Waals surface area contributed by atoms with E-state index in [1.54, 1.807) is 17.9 Å². The second-order valence-electron chi connectivity index (χ2n) is 4.45. The molecular formula is C12H13N5O4. The third kappa shape index (κ3) is 3.60. The van der Waals surface area contributed by atoms with E-state index in [1.165, 1.54) is 12.1 Å². The number of nitro benzene ring substituents is 2. The molecule has 1 aromatic heterocycles. The first-order valence-electron chi connectivity index (χ1n) is 6.07. The Balaban J connectivity index is 2.08. The van der Waals surface area contributed by atoms with E-state index >= 15 is 0 Å². The lowest BCUT2D eigenvalue weighted by Crippen LogP contribution is -2.13. The van der Waals surface area contributed by atoms with E-state index in [0.29, 0.717) is 12.1 Å². The molecule has 0 aliphatic heterocycles. The minimum atomic E-state index is -0.653. The van der Waals surface area contributed by atoms with Crippen LogP contribution in [0.25, 0.3) is 0 Å². The summed E-state index contributed by atoms with van der Waals surface area (Å²) in [6, 6.07) is 3.63. The summed E-state index contributed by atoms with van der Waals surface area (Å²) in [6.45, 7) is 0.741. The highest BCUT2D eigenvalue weighted by atomic mass is 16.6. The molecule has 9 nitrogen and oxygen atoms in total. The Kier molecular flexibility index (Phi) is 4.24. The van der Waals surface area contributed by atoms with Gasteiger partial charge in [0, 0.05) is 43.5 Å². The Morgan fingerprint density at radius 3 is 2.57 bits per heavy atom. The van der Waals surface area contributed by atoms with Gasteiger partial charge < -0.3 is 5.32 Å². The number of nitro groups is 2. The number of nitrogens with one attached hydrogen (secondary N) is 1. The van der Waals surface area contributed by atoms with E-state index in [0.717, 1.165) is 11.6 Å². The smallest absolute Gasteiger partial charge is 0.280 e. The molecule has 0 atom stereocenters. The molecule has 0 fully saturated rings. The summed E-state index contributed by atoms with van der Waals surface area (Å²) in [5, 5.41) is 28.7. The van der Waals surface area contributed by atoms with Crippen LogP contribution >= 0.6 is 0 Å². The van der Waals surface area contributed by atoms with Crippen molar-refractivity contribution in [3.8, 4) is 0 Å². The molecule has 21 heavy (non-hydrogen) atoms. The Hall–Kier alpha value is -2.81. The quantitative estimate of drug-likeness (QED) is 0.637. The maximum Gasteiger partial charge on any atom is 0.280 e. The lowest BCUT2D eigenvalue weighted by molar-refractivity contribution is -0.394. The summed E-state index contributed by atoms with van der Waals surface area (Å²) in [7, 11) is 1.80. The summed E-state index contributed by atoms with van der Waals surface area (Å²) in [5.41, 5.74) is 0.789. The van der Waals surface area contributed by atoms with E-state index in [4.69, 9.17) is 0 Å². The van der Waals surface area contributed by atoms with E-state index in [2.05, 4.69) is 10.4 Å². The van der Waals surface area contributed by atoms with Crippen molar-refractivity contribution in [2.24, 2.45) is 7.05 Å². The van der Waals surface area contributed by atoms with Gasteiger partial charge in [0.2, 0.25) is 0 Å². The average molecular weight is 291 g/mol. The summed E-state index contributed by atoms with van der Waals surface area (Å²) in [6.07, 6.45) is 3.52. The van der Waals surface area contributed by atoms with Gasteiger partial charge in [0.25, 0.3) is 11.4 Å². The number of aryl methyl sites for hydroxylation is 1. The highest BCUT2D eigenvalue weighted by Crippen LogP contribution is 2.24. The Labute approximate surface area is 119 Å². The van der Waals surface area contributed by atoms with Crippen molar-refractivity contribution in [3.05, 3.63) is 61.9 Å². The molecule has 0 aliphatic rings. The number of hydrogen-bond acceptors (Lipinski definition) is 6. The predicted molar refractivity (Wildman–Crippen MR) is 73.5 cm³/mol. The van der Waals surface area contributed by atoms with Gasteiger partial charge in [0.15, 0.2) is 0 Å². The van der Waals surface area contributed by atoms with Crippen LogP contribution in [0.2, 0.25) is 0 Å². The SMILES string of the molecule is Cn1cc(CNCc2ccc([N+](=O)[O-])cc2[N+](=O)[O-])cn1. The molecule has 0 bridgehead atoms. The molecule has 0 spiro atoms. The van der Waals surface area contributed by atoms with Gasteiger partial charge >= 0.3 is 0 Å². The first kappa shape index (κ1) is 14.6. The molecule has 0 saturated carbocycles. The zero-order valence-corrected chi connectivity index (χ0v) is 11.2. The van der Waals surface area contributed by atoms with Gasteiger partial charge in [-0.15, -0.1) is 0 Å². The molecule has 1 aromatic carbocycles. The van der Waals surface area contributed by atoms with Crippen LogP contribution in [0, 0.1) is 20.2 Å². The zero-order chi connectivity index (χ0) is 15.4. The van der Waals surface area contributed by atoms with E-state index in [9.17, 15) is 20.2 Å². The first-order chi connectivity index (χ1) is 9.97. The van der Waals surface area contributed by atoms with Crippen LogP contribution in [-0.4, -0.2) is 19.6 Å². The lowest BCUT2D eigenvalue weighted by atomic mass is 10.1. The van der Waals surface area contributed by atoms with E-state index in [-0.39, 0.29) is 17.9 Å². The zero-order valence-electron chi connectivity index (χ0n) is 11.2. The summed E-state index contributed by atoms with van der Waals surface area (Å²) in [5.74, 6) is 0. The number of hydrogen-bond donors (Lipinski definition) is 1. The molecule has 0 unspecified atom stereocenters. The molecule has 110 valence electrons. The van der Waals surface area contributed by atoms with Crippen molar-refractivity contribution in [1.29, 1.82) is 0 Å². The molecule has 2 rings (SSSR count). The normalized spacial score (nSPS) is 10.5. The topological polar surface area (TPSA) is 116 Å². The number of non-ortho nitro benzene ring substituents is 1. The van der Waals surface area contributed by atoms with Crippen LogP contribution in [0.4, 0.5) is 11.4 Å². The Morgan fingerprint density at radius 2 is 2.00 bits per heavy atom. The van der Waals surface area contributed by atoms with Crippen molar-refractivity contribution < 1.29 is 9.85 Å². The summed E-state index contributed by atoms with van der Waals surface area (Å²) < 4.78 is 1.66. The van der Waals surface area contributed by atoms with Gasteiger partial charge in [-0.2, -0.15) is 5.10 Å². The van der Waals surface area contributed by atoms with E-state index in [1.807, 2.05) is 6.20 Å². The molecule has 1 heterocycles. The third-order valence-electron chi connectivity index (χ3n) is 2.88. The summed E-state index contributed by atoms with van der Waals surface area (Å²) >= 11 is 0. The van der Waals surface area contributed by atoms with Crippen molar-refractivity contribution in [2.75, 3.05) is 0 Å². The molecular weight excluding hydrogens is 278 g/mol. The van der Waals surface area contributed by atoms with Crippen LogP contribution in [0.3, 0.4) is 0 Å². The number of rotatable bonds is 6.